The maximum Gasteiger partial charge on any atom is 2.00 e. The third-order valence-corrected chi connectivity index (χ3v) is 0. The van der Waals surface area contributed by atoms with E-state index in [2.05, 4.69) is 0 Å². The summed E-state index contributed by atoms with van der Waals surface area (Å²) >= 11 is 0. The molecule has 9 heavy (non-hydrogen) atoms. The Labute approximate surface area is 84.6 Å². The molecule has 0 atom stereocenters. The molecule has 0 amide bonds. The molecule has 0 aromatic rings. The van der Waals surface area contributed by atoms with Crippen LogP contribution in [-0.4, -0.2) is 72.9 Å². The van der Waals surface area contributed by atoms with Crippen molar-refractivity contribution in [3.8, 4) is 0 Å². The summed E-state index contributed by atoms with van der Waals surface area (Å²) in [5.41, 5.74) is 0. The van der Waals surface area contributed by atoms with E-state index in [0.29, 0.717) is 0 Å². The van der Waals surface area contributed by atoms with Crippen molar-refractivity contribution in [3.05, 3.63) is 0 Å². The first-order valence-electron chi connectivity index (χ1n) is 1.30. The molecule has 0 fully saturated rings. The molecular weight excluding hydrogens is 176 g/mol. The summed E-state index contributed by atoms with van der Waals surface area (Å²) in [4.78, 5) is 22.9. The van der Waals surface area contributed by atoms with Crippen molar-refractivity contribution >= 4 is 53.1 Å². The second-order valence-electron chi connectivity index (χ2n) is 0.565. The van der Waals surface area contributed by atoms with Gasteiger partial charge in [-0.1, -0.05) is 0 Å². The van der Waals surface area contributed by atoms with Gasteiger partial charge in [0.05, 0.1) is 0 Å². The van der Waals surface area contributed by atoms with Crippen LogP contribution in [0.25, 0.3) is 0 Å². The predicted octanol–water partition coefficient (Wildman–Crippen LogP) is -1.55. The van der Waals surface area contributed by atoms with Crippen LogP contribution < -0.4 is 0 Å². The quantitative estimate of drug-likeness (QED) is 0.337. The summed E-state index contributed by atoms with van der Waals surface area (Å²) in [5.74, 6) is 0. The molecule has 0 saturated heterocycles. The Kier molecular flexibility index (Phi) is 19.7. The molecule has 0 aliphatic heterocycles. The first-order chi connectivity index (χ1) is 3.46. The largest absolute Gasteiger partial charge is 2.00 e. The Hall–Kier alpha value is 0.147. The van der Waals surface area contributed by atoms with Crippen LogP contribution in [0, 0.1) is 0 Å². The van der Waals surface area contributed by atoms with Crippen LogP contribution in [0.5, 0.6) is 0 Å². The number of carboxylic acid groups (broad SMARTS) is 2. The van der Waals surface area contributed by atoms with Gasteiger partial charge in [0.15, 0.2) is 0 Å². The van der Waals surface area contributed by atoms with Gasteiger partial charge in [-0.15, -0.1) is 0 Å². The van der Waals surface area contributed by atoms with Crippen molar-refractivity contribution in [1.82, 2.24) is 0 Å². The zero-order chi connectivity index (χ0) is 7.15. The topological polar surface area (TPSA) is 115 Å². The van der Waals surface area contributed by atoms with E-state index >= 15 is 0 Å². The Morgan fingerprint density at radius 1 is 1.33 bits per heavy atom. The van der Waals surface area contributed by atoms with Crippen LogP contribution >= 0.6 is 0 Å². The average Bonchev–Trinajstić information content (AvgIpc) is 1.25. The number of rotatable bonds is 0. The third kappa shape index (κ3) is 14300. The molecule has 0 aromatic carbocycles. The standard InChI is InChI=1S/CH2O3.Ca.H2O3Si.2H/c2-1(3)4;;1-4(2)3;;/h(H2,2,3,4);;1-2H;;/q;+2;;2*-1. The van der Waals surface area contributed by atoms with Crippen LogP contribution in [0.2, 0.25) is 0 Å². The van der Waals surface area contributed by atoms with E-state index in [1.54, 1.807) is 0 Å². The predicted molar refractivity (Wildman–Crippen MR) is 29.5 cm³/mol. The Morgan fingerprint density at radius 2 is 1.33 bits per heavy atom. The van der Waals surface area contributed by atoms with Gasteiger partial charge in [0.1, 0.15) is 0 Å². The summed E-state index contributed by atoms with van der Waals surface area (Å²) in [6.07, 6.45) is -1.83. The van der Waals surface area contributed by atoms with E-state index in [1.165, 1.54) is 0 Å². The van der Waals surface area contributed by atoms with Gasteiger partial charge in [0, 0.05) is 0 Å². The van der Waals surface area contributed by atoms with Crippen molar-refractivity contribution in [2.75, 3.05) is 0 Å². The van der Waals surface area contributed by atoms with E-state index in [4.69, 9.17) is 29.1 Å². The Bertz CT molecular complexity index is 78.6. The van der Waals surface area contributed by atoms with Gasteiger partial charge in [0.2, 0.25) is 0 Å². The second-order valence-corrected chi connectivity index (χ2v) is 1.13. The van der Waals surface area contributed by atoms with E-state index in [-0.39, 0.29) is 40.6 Å². The molecule has 0 rings (SSSR count). The fourth-order valence-electron chi connectivity index (χ4n) is 0. The maximum absolute atomic E-state index is 8.74. The molecule has 0 bridgehead atoms. The van der Waals surface area contributed by atoms with Gasteiger partial charge in [-0.25, -0.2) is 4.79 Å². The molecule has 0 aliphatic rings. The molecule has 0 heterocycles. The Morgan fingerprint density at radius 3 is 1.33 bits per heavy atom. The van der Waals surface area contributed by atoms with Crippen molar-refractivity contribution in [3.63, 3.8) is 0 Å². The molecular formula is CH6CaO6Si. The zero-order valence-electron chi connectivity index (χ0n) is 6.31. The monoisotopic (exact) mass is 182 g/mol. The van der Waals surface area contributed by atoms with Gasteiger partial charge >= 0.3 is 53.1 Å². The van der Waals surface area contributed by atoms with Gasteiger partial charge < -0.3 is 22.7 Å². The molecule has 0 aliphatic carbocycles. The number of carbonyl (C=O) groups is 1. The van der Waals surface area contributed by atoms with E-state index in [9.17, 15) is 0 Å². The molecule has 0 saturated carbocycles. The van der Waals surface area contributed by atoms with Gasteiger partial charge in [0.25, 0.3) is 0 Å². The Balaban J connectivity index is -0.0000000171. The van der Waals surface area contributed by atoms with Crippen LogP contribution in [0.15, 0.2) is 0 Å². The summed E-state index contributed by atoms with van der Waals surface area (Å²) in [6.45, 7) is 0. The van der Waals surface area contributed by atoms with Gasteiger partial charge in [-0.05, 0) is 0 Å². The molecule has 52 valence electrons. The fourth-order valence-corrected chi connectivity index (χ4v) is 0. The molecule has 0 radical (unpaired) electrons. The van der Waals surface area contributed by atoms with Crippen LogP contribution in [-0.2, 0) is 4.46 Å². The summed E-state index contributed by atoms with van der Waals surface area (Å²) in [6, 6.07) is 0. The third-order valence-electron chi connectivity index (χ3n) is 0. The average molecular weight is 182 g/mol. The normalized spacial score (nSPS) is 5.33. The molecule has 0 unspecified atom stereocenters. The van der Waals surface area contributed by atoms with Crippen molar-refractivity contribution in [1.29, 1.82) is 0 Å². The van der Waals surface area contributed by atoms with Gasteiger partial charge in [-0.2, -0.15) is 0 Å². The van der Waals surface area contributed by atoms with Crippen LogP contribution in [0.1, 0.15) is 2.85 Å². The van der Waals surface area contributed by atoms with E-state index in [0.717, 1.165) is 0 Å². The molecule has 6 nitrogen and oxygen atoms in total. The summed E-state index contributed by atoms with van der Waals surface area (Å²) in [5, 5.41) is 13.9. The van der Waals surface area contributed by atoms with Crippen molar-refractivity contribution in [2.45, 2.75) is 0 Å². The smallest absolute Gasteiger partial charge is 1.00 e. The molecule has 8 heteroatoms. The summed E-state index contributed by atoms with van der Waals surface area (Å²) in [7, 11) is -3.13. The second kappa shape index (κ2) is 11.0. The molecule has 0 spiro atoms. The van der Waals surface area contributed by atoms with Crippen LogP contribution in [0.4, 0.5) is 4.79 Å². The fraction of sp³-hybridized carbons (Fsp3) is 0. The zero-order valence-corrected chi connectivity index (χ0v) is 7.52. The first kappa shape index (κ1) is 16.1. The van der Waals surface area contributed by atoms with E-state index < -0.39 is 15.3 Å². The minimum Gasteiger partial charge on any atom is -1.00 e. The molecule has 4 N–H and O–H groups in total. The molecule has 0 aromatic heterocycles. The first-order valence-corrected chi connectivity index (χ1v) is 2.61. The summed E-state index contributed by atoms with van der Waals surface area (Å²) < 4.78 is 8.74. The van der Waals surface area contributed by atoms with E-state index in [1.807, 2.05) is 0 Å². The maximum atomic E-state index is 8.74. The number of hydrogen-bond acceptors (Lipinski definition) is 2. The number of hydrogen-bond donors (Lipinski definition) is 4. The minimum absolute atomic E-state index is 0. The van der Waals surface area contributed by atoms with Crippen molar-refractivity contribution < 1.29 is 31.9 Å². The minimum atomic E-state index is -3.13. The van der Waals surface area contributed by atoms with Crippen molar-refractivity contribution in [2.24, 2.45) is 0 Å². The van der Waals surface area contributed by atoms with Crippen LogP contribution in [0.3, 0.4) is 0 Å². The SMILES string of the molecule is O=C(O)O.O=[Si](O)O.[Ca+2].[H-].[H-]. The van der Waals surface area contributed by atoms with Gasteiger partial charge in [-0.3, -0.25) is 4.46 Å².